The molecule has 1 fully saturated rings. The van der Waals surface area contributed by atoms with Crippen molar-refractivity contribution >= 4 is 7.75 Å². The molecule has 0 aliphatic carbocycles. The van der Waals surface area contributed by atoms with Crippen LogP contribution < -0.4 is 0 Å². The van der Waals surface area contributed by atoms with E-state index in [2.05, 4.69) is 39.7 Å². The van der Waals surface area contributed by atoms with E-state index in [4.69, 9.17) is 9.05 Å². The Morgan fingerprint density at radius 1 is 1.11 bits per heavy atom. The fourth-order valence-corrected chi connectivity index (χ4v) is 5.53. The van der Waals surface area contributed by atoms with Crippen LogP contribution in [0.2, 0.25) is 0 Å². The minimum atomic E-state index is -3.56. The highest BCUT2D eigenvalue weighted by Crippen LogP contribution is 2.60. The Bertz CT molecular complexity index is 884. The first kappa shape index (κ1) is 20.7. The SMILES string of the molecule is CC(C)[C@@H]1O[P@@](=O)(N(C#Cc2ccccc2)Cc2ccccc2)OCC1(C)C. The number of hydrogen-bond acceptors (Lipinski definition) is 3. The first-order chi connectivity index (χ1) is 13.3. The molecular weight excluding hydrogens is 369 g/mol. The normalized spacial score (nSPS) is 23.7. The van der Waals surface area contributed by atoms with Gasteiger partial charge in [0, 0.05) is 17.0 Å². The molecule has 0 unspecified atom stereocenters. The van der Waals surface area contributed by atoms with Gasteiger partial charge in [-0.1, -0.05) is 76.2 Å². The molecule has 2 aromatic rings. The Labute approximate surface area is 168 Å². The third-order valence-electron chi connectivity index (χ3n) is 4.80. The van der Waals surface area contributed by atoms with Gasteiger partial charge in [0.2, 0.25) is 0 Å². The second kappa shape index (κ2) is 8.53. The summed E-state index contributed by atoms with van der Waals surface area (Å²) in [6, 6.07) is 22.5. The van der Waals surface area contributed by atoms with Crippen LogP contribution in [-0.2, 0) is 20.2 Å². The average molecular weight is 397 g/mol. The van der Waals surface area contributed by atoms with Gasteiger partial charge in [-0.3, -0.25) is 9.05 Å². The number of benzene rings is 2. The summed E-state index contributed by atoms with van der Waals surface area (Å²) in [4.78, 5) is 0. The molecule has 1 heterocycles. The molecule has 0 bridgehead atoms. The molecule has 2 atom stereocenters. The van der Waals surface area contributed by atoms with Crippen molar-refractivity contribution in [2.75, 3.05) is 6.61 Å². The minimum absolute atomic E-state index is 0.177. The average Bonchev–Trinajstić information content (AvgIpc) is 2.68. The Balaban J connectivity index is 1.93. The zero-order valence-corrected chi connectivity index (χ0v) is 17.9. The Morgan fingerprint density at radius 2 is 1.71 bits per heavy atom. The van der Waals surface area contributed by atoms with Gasteiger partial charge in [0.25, 0.3) is 0 Å². The summed E-state index contributed by atoms with van der Waals surface area (Å²) >= 11 is 0. The van der Waals surface area contributed by atoms with Crippen LogP contribution in [0.4, 0.5) is 0 Å². The molecule has 28 heavy (non-hydrogen) atoms. The van der Waals surface area contributed by atoms with Crippen molar-refractivity contribution in [2.24, 2.45) is 11.3 Å². The van der Waals surface area contributed by atoms with Crippen molar-refractivity contribution < 1.29 is 13.6 Å². The van der Waals surface area contributed by atoms with Crippen molar-refractivity contribution in [1.29, 1.82) is 0 Å². The summed E-state index contributed by atoms with van der Waals surface area (Å²) in [5.74, 6) is 3.31. The van der Waals surface area contributed by atoms with Crippen LogP contribution in [-0.4, -0.2) is 17.4 Å². The van der Waals surface area contributed by atoms with Gasteiger partial charge in [-0.05, 0) is 29.5 Å². The quantitative estimate of drug-likeness (QED) is 0.377. The van der Waals surface area contributed by atoms with E-state index in [0.29, 0.717) is 13.2 Å². The van der Waals surface area contributed by atoms with Crippen LogP contribution in [0.25, 0.3) is 0 Å². The molecule has 0 radical (unpaired) electrons. The largest absolute Gasteiger partial charge is 0.442 e. The Hall–Kier alpha value is -2.05. The van der Waals surface area contributed by atoms with E-state index in [0.717, 1.165) is 11.1 Å². The van der Waals surface area contributed by atoms with Crippen LogP contribution in [0, 0.1) is 23.3 Å². The maximum atomic E-state index is 13.7. The number of nitrogens with zero attached hydrogens (tertiary/aromatic N) is 1. The minimum Gasteiger partial charge on any atom is -0.291 e. The first-order valence-electron chi connectivity index (χ1n) is 9.62. The lowest BCUT2D eigenvalue weighted by atomic mass is 9.81. The van der Waals surface area contributed by atoms with E-state index in [1.54, 1.807) is 4.67 Å². The van der Waals surface area contributed by atoms with E-state index in [1.165, 1.54) is 0 Å². The van der Waals surface area contributed by atoms with Crippen molar-refractivity contribution in [3.8, 4) is 12.0 Å². The summed E-state index contributed by atoms with van der Waals surface area (Å²) < 4.78 is 27.3. The summed E-state index contributed by atoms with van der Waals surface area (Å²) in [6.07, 6.45) is -0.177. The maximum absolute atomic E-state index is 13.7. The zero-order valence-electron chi connectivity index (χ0n) is 17.0. The zero-order chi connectivity index (χ0) is 20.2. The van der Waals surface area contributed by atoms with Gasteiger partial charge in [-0.15, -0.1) is 0 Å². The molecule has 4 nitrogen and oxygen atoms in total. The molecule has 1 aliphatic heterocycles. The lowest BCUT2D eigenvalue weighted by Gasteiger charge is -2.44. The van der Waals surface area contributed by atoms with Crippen molar-refractivity contribution in [3.05, 3.63) is 71.8 Å². The highest BCUT2D eigenvalue weighted by molar-refractivity contribution is 7.51. The number of hydrogen-bond donors (Lipinski definition) is 0. The lowest BCUT2D eigenvalue weighted by Crippen LogP contribution is -2.44. The third-order valence-corrected chi connectivity index (χ3v) is 6.58. The molecule has 1 aliphatic rings. The second-order valence-electron chi connectivity index (χ2n) is 8.15. The van der Waals surface area contributed by atoms with Gasteiger partial charge in [-0.25, -0.2) is 9.24 Å². The summed E-state index contributed by atoms with van der Waals surface area (Å²) in [5, 5.41) is 0. The molecule has 0 aromatic heterocycles. The molecule has 3 rings (SSSR count). The highest BCUT2D eigenvalue weighted by atomic mass is 31.2. The predicted molar refractivity (Wildman–Crippen MR) is 112 cm³/mol. The molecular formula is C23H28NO3P. The molecule has 2 aromatic carbocycles. The fraction of sp³-hybridized carbons (Fsp3) is 0.391. The first-order valence-corrected chi connectivity index (χ1v) is 11.1. The van der Waals surface area contributed by atoms with Gasteiger partial charge in [0.1, 0.15) is 0 Å². The van der Waals surface area contributed by atoms with Crippen LogP contribution in [0.15, 0.2) is 60.7 Å². The van der Waals surface area contributed by atoms with E-state index in [9.17, 15) is 4.57 Å². The lowest BCUT2D eigenvalue weighted by molar-refractivity contribution is -0.0580. The third kappa shape index (κ3) is 4.86. The van der Waals surface area contributed by atoms with Crippen molar-refractivity contribution in [2.45, 2.75) is 40.3 Å². The molecule has 5 heteroatoms. The molecule has 0 amide bonds. The molecule has 0 spiro atoms. The molecule has 0 N–H and O–H groups in total. The second-order valence-corrected chi connectivity index (χ2v) is 10.0. The molecule has 1 saturated heterocycles. The monoisotopic (exact) mass is 397 g/mol. The van der Waals surface area contributed by atoms with Gasteiger partial charge in [-0.2, -0.15) is 0 Å². The smallest absolute Gasteiger partial charge is 0.291 e. The Morgan fingerprint density at radius 3 is 2.32 bits per heavy atom. The van der Waals surface area contributed by atoms with Gasteiger partial charge in [0.05, 0.1) is 19.3 Å². The van der Waals surface area contributed by atoms with E-state index < -0.39 is 7.75 Å². The Kier molecular flexibility index (Phi) is 6.30. The standard InChI is InChI=1S/C23H28NO3P/c1-19(2)22-23(3,4)18-26-28(25,27-22)24(17-21-13-9-6-10-14-21)16-15-20-11-7-5-8-12-20/h5-14,19,22H,17-18H2,1-4H3/t22-,28+/m0/s1. The van der Waals surface area contributed by atoms with Crippen LogP contribution in [0.5, 0.6) is 0 Å². The summed E-state index contributed by atoms with van der Waals surface area (Å²) in [5.41, 5.74) is 1.64. The van der Waals surface area contributed by atoms with Gasteiger partial charge < -0.3 is 0 Å². The van der Waals surface area contributed by atoms with E-state index in [-0.39, 0.29) is 17.4 Å². The molecule has 148 valence electrons. The molecule has 0 saturated carbocycles. The fourth-order valence-electron chi connectivity index (χ4n) is 3.39. The predicted octanol–water partition coefficient (Wildman–Crippen LogP) is 5.70. The van der Waals surface area contributed by atoms with Gasteiger partial charge in [0.15, 0.2) is 0 Å². The van der Waals surface area contributed by atoms with Crippen LogP contribution in [0.3, 0.4) is 0 Å². The van der Waals surface area contributed by atoms with Crippen molar-refractivity contribution in [3.63, 3.8) is 0 Å². The van der Waals surface area contributed by atoms with Crippen LogP contribution in [0.1, 0.15) is 38.8 Å². The highest BCUT2D eigenvalue weighted by Gasteiger charge is 2.48. The maximum Gasteiger partial charge on any atom is 0.442 e. The van der Waals surface area contributed by atoms with Crippen molar-refractivity contribution in [1.82, 2.24) is 4.67 Å². The number of rotatable bonds is 4. The topological polar surface area (TPSA) is 38.8 Å². The van der Waals surface area contributed by atoms with Crippen LogP contribution >= 0.6 is 7.75 Å². The summed E-state index contributed by atoms with van der Waals surface area (Å²) in [6.45, 7) is 9.06. The summed E-state index contributed by atoms with van der Waals surface area (Å²) in [7, 11) is -3.56. The van der Waals surface area contributed by atoms with Gasteiger partial charge >= 0.3 is 7.75 Å². The van der Waals surface area contributed by atoms with E-state index >= 15 is 0 Å². The van der Waals surface area contributed by atoms with E-state index in [1.807, 2.05) is 60.7 Å².